The van der Waals surface area contributed by atoms with Crippen molar-refractivity contribution in [3.63, 3.8) is 0 Å². The average Bonchev–Trinajstić information content (AvgIpc) is 3.04. The van der Waals surface area contributed by atoms with Gasteiger partial charge >= 0.3 is 0 Å². The number of imidazole rings is 1. The molecule has 2 saturated heterocycles. The second-order valence-electron chi connectivity index (χ2n) is 7.16. The molecule has 0 aliphatic carbocycles. The number of aldehydes is 1. The molecule has 3 aromatic rings. The number of aromatic nitrogens is 4. The summed E-state index contributed by atoms with van der Waals surface area (Å²) < 4.78 is 1.96. The standard InChI is InChI=1S/C18H18N6O/c25-9-15-2-1-14(5-20-15)7-22-10-18(11-22)12-24(13-18)16-6-21-17-19-3-4-23(17)8-16/h1-6,8-9H,7,10-13H2. The van der Waals surface area contributed by atoms with Crippen molar-refractivity contribution in [3.8, 4) is 0 Å². The first kappa shape index (κ1) is 14.5. The number of nitrogens with zero attached hydrogens (tertiary/aromatic N) is 6. The Hall–Kier alpha value is -2.80. The highest BCUT2D eigenvalue weighted by Gasteiger charge is 2.51. The highest BCUT2D eigenvalue weighted by Crippen LogP contribution is 2.42. The number of rotatable bonds is 4. The Balaban J connectivity index is 1.18. The molecule has 7 nitrogen and oxygen atoms in total. The van der Waals surface area contributed by atoms with Gasteiger partial charge in [-0.3, -0.25) is 19.1 Å². The molecule has 25 heavy (non-hydrogen) atoms. The third kappa shape index (κ3) is 2.47. The molecule has 5 rings (SSSR count). The molecule has 0 unspecified atom stereocenters. The van der Waals surface area contributed by atoms with E-state index in [2.05, 4.69) is 30.9 Å². The van der Waals surface area contributed by atoms with E-state index in [-0.39, 0.29) is 0 Å². The minimum absolute atomic E-state index is 0.417. The third-order valence-electron chi connectivity index (χ3n) is 5.14. The zero-order valence-electron chi connectivity index (χ0n) is 13.7. The van der Waals surface area contributed by atoms with Gasteiger partial charge in [-0.2, -0.15) is 0 Å². The van der Waals surface area contributed by atoms with Crippen LogP contribution in [0.4, 0.5) is 5.69 Å². The molecular formula is C18H18N6O. The van der Waals surface area contributed by atoms with Crippen LogP contribution in [0.5, 0.6) is 0 Å². The van der Waals surface area contributed by atoms with Gasteiger partial charge in [0.1, 0.15) is 5.69 Å². The molecule has 0 saturated carbocycles. The predicted octanol–water partition coefficient (Wildman–Crippen LogP) is 1.26. The molecule has 126 valence electrons. The summed E-state index contributed by atoms with van der Waals surface area (Å²) in [5, 5.41) is 0. The van der Waals surface area contributed by atoms with Crippen molar-refractivity contribution in [2.75, 3.05) is 31.1 Å². The van der Waals surface area contributed by atoms with Crippen molar-refractivity contribution >= 4 is 17.8 Å². The zero-order valence-corrected chi connectivity index (χ0v) is 13.7. The minimum Gasteiger partial charge on any atom is -0.368 e. The van der Waals surface area contributed by atoms with Gasteiger partial charge in [-0.1, -0.05) is 6.07 Å². The Kier molecular flexibility index (Phi) is 3.11. The minimum atomic E-state index is 0.417. The van der Waals surface area contributed by atoms with Crippen LogP contribution >= 0.6 is 0 Å². The molecule has 2 aliphatic rings. The van der Waals surface area contributed by atoms with Crippen molar-refractivity contribution in [1.29, 1.82) is 0 Å². The lowest BCUT2D eigenvalue weighted by atomic mass is 9.72. The largest absolute Gasteiger partial charge is 0.368 e. The lowest BCUT2D eigenvalue weighted by Gasteiger charge is -2.61. The van der Waals surface area contributed by atoms with Crippen molar-refractivity contribution in [3.05, 3.63) is 54.4 Å². The molecular weight excluding hydrogens is 316 g/mol. The lowest BCUT2D eigenvalue weighted by molar-refractivity contribution is -0.0274. The molecule has 5 heterocycles. The van der Waals surface area contributed by atoms with E-state index in [9.17, 15) is 4.79 Å². The second kappa shape index (κ2) is 5.35. The number of pyridine rings is 1. The summed E-state index contributed by atoms with van der Waals surface area (Å²) in [4.78, 5) is 28.2. The number of carbonyl (C=O) groups is 1. The van der Waals surface area contributed by atoms with Gasteiger partial charge in [-0.05, 0) is 11.6 Å². The van der Waals surface area contributed by atoms with E-state index in [1.54, 1.807) is 18.5 Å². The van der Waals surface area contributed by atoms with Crippen molar-refractivity contribution in [1.82, 2.24) is 24.3 Å². The van der Waals surface area contributed by atoms with Crippen LogP contribution in [0.25, 0.3) is 5.78 Å². The van der Waals surface area contributed by atoms with Crippen LogP contribution < -0.4 is 4.90 Å². The van der Waals surface area contributed by atoms with E-state index in [0.29, 0.717) is 11.1 Å². The summed E-state index contributed by atoms with van der Waals surface area (Å²) >= 11 is 0. The van der Waals surface area contributed by atoms with E-state index in [1.165, 1.54) is 0 Å². The van der Waals surface area contributed by atoms with Crippen LogP contribution in [0.2, 0.25) is 0 Å². The summed E-state index contributed by atoms with van der Waals surface area (Å²) in [6.45, 7) is 5.28. The number of likely N-dealkylation sites (tertiary alicyclic amines) is 1. The SMILES string of the molecule is O=Cc1ccc(CN2CC3(C2)CN(c2cnc4nccn4c2)C3)cn1. The molecule has 0 N–H and O–H groups in total. The van der Waals surface area contributed by atoms with Gasteiger partial charge in [0.05, 0.1) is 11.9 Å². The molecule has 2 aliphatic heterocycles. The average molecular weight is 334 g/mol. The smallest absolute Gasteiger partial charge is 0.233 e. The van der Waals surface area contributed by atoms with Crippen LogP contribution in [0.15, 0.2) is 43.1 Å². The van der Waals surface area contributed by atoms with E-state index in [1.807, 2.05) is 22.9 Å². The van der Waals surface area contributed by atoms with Gasteiger partial charge in [0.2, 0.25) is 5.78 Å². The van der Waals surface area contributed by atoms with Gasteiger partial charge in [0, 0.05) is 62.9 Å². The summed E-state index contributed by atoms with van der Waals surface area (Å²) in [5.74, 6) is 0.739. The number of hydrogen-bond acceptors (Lipinski definition) is 6. The number of carbonyl (C=O) groups excluding carboxylic acids is 1. The van der Waals surface area contributed by atoms with E-state index in [0.717, 1.165) is 56.0 Å². The van der Waals surface area contributed by atoms with Gasteiger partial charge in [-0.25, -0.2) is 9.97 Å². The van der Waals surface area contributed by atoms with Crippen LogP contribution in [0.1, 0.15) is 16.1 Å². The lowest BCUT2D eigenvalue weighted by Crippen LogP contribution is -2.72. The van der Waals surface area contributed by atoms with E-state index < -0.39 is 0 Å². The Bertz CT molecular complexity index is 920. The predicted molar refractivity (Wildman–Crippen MR) is 92.5 cm³/mol. The van der Waals surface area contributed by atoms with E-state index >= 15 is 0 Å². The fourth-order valence-corrected chi connectivity index (χ4v) is 3.99. The van der Waals surface area contributed by atoms with Gasteiger partial charge < -0.3 is 4.90 Å². The number of fused-ring (bicyclic) bond motifs is 1. The Morgan fingerprint density at radius 2 is 1.96 bits per heavy atom. The molecule has 0 aromatic carbocycles. The number of hydrogen-bond donors (Lipinski definition) is 0. The van der Waals surface area contributed by atoms with Crippen LogP contribution in [0.3, 0.4) is 0 Å². The maximum atomic E-state index is 10.7. The zero-order chi connectivity index (χ0) is 16.9. The van der Waals surface area contributed by atoms with E-state index in [4.69, 9.17) is 0 Å². The van der Waals surface area contributed by atoms with Gasteiger partial charge in [0.15, 0.2) is 6.29 Å². The normalized spacial score (nSPS) is 19.0. The van der Waals surface area contributed by atoms with Gasteiger partial charge in [-0.15, -0.1) is 0 Å². The van der Waals surface area contributed by atoms with Gasteiger partial charge in [0.25, 0.3) is 0 Å². The Morgan fingerprint density at radius 1 is 1.08 bits per heavy atom. The third-order valence-corrected chi connectivity index (χ3v) is 5.14. The van der Waals surface area contributed by atoms with Crippen LogP contribution in [0, 0.1) is 5.41 Å². The van der Waals surface area contributed by atoms with Crippen molar-refractivity contribution < 1.29 is 4.79 Å². The quantitative estimate of drug-likeness (QED) is 0.669. The highest BCUT2D eigenvalue weighted by atomic mass is 16.1. The molecule has 0 atom stereocenters. The monoisotopic (exact) mass is 334 g/mol. The Labute approximate surface area is 144 Å². The topological polar surface area (TPSA) is 66.6 Å². The van der Waals surface area contributed by atoms with Crippen molar-refractivity contribution in [2.45, 2.75) is 6.54 Å². The van der Waals surface area contributed by atoms with Crippen LogP contribution in [-0.2, 0) is 6.54 Å². The highest BCUT2D eigenvalue weighted by molar-refractivity contribution is 5.71. The molecule has 3 aromatic heterocycles. The van der Waals surface area contributed by atoms with Crippen LogP contribution in [-0.4, -0.2) is 56.7 Å². The summed E-state index contributed by atoms with van der Waals surface area (Å²) in [5.41, 5.74) is 3.22. The molecule has 2 fully saturated rings. The maximum Gasteiger partial charge on any atom is 0.233 e. The fourth-order valence-electron chi connectivity index (χ4n) is 3.99. The summed E-state index contributed by atoms with van der Waals surface area (Å²) in [7, 11) is 0. The number of anilines is 1. The fraction of sp³-hybridized carbons (Fsp3) is 0.333. The molecule has 7 heteroatoms. The first-order valence-electron chi connectivity index (χ1n) is 8.39. The van der Waals surface area contributed by atoms with Crippen molar-refractivity contribution in [2.24, 2.45) is 5.41 Å². The molecule has 0 bridgehead atoms. The summed E-state index contributed by atoms with van der Waals surface area (Å²) in [6, 6.07) is 3.77. The first-order chi connectivity index (χ1) is 12.2. The second-order valence-corrected chi connectivity index (χ2v) is 7.16. The summed E-state index contributed by atoms with van der Waals surface area (Å²) in [6.07, 6.45) is 10.3. The maximum absolute atomic E-state index is 10.7. The Morgan fingerprint density at radius 3 is 2.72 bits per heavy atom. The first-order valence-corrected chi connectivity index (χ1v) is 8.39. The molecule has 0 radical (unpaired) electrons. The molecule has 1 spiro atoms. The molecule has 0 amide bonds.